The van der Waals surface area contributed by atoms with Crippen LogP contribution in [0.15, 0.2) is 48.5 Å². The van der Waals surface area contributed by atoms with Crippen LogP contribution in [-0.4, -0.2) is 29.3 Å². The Kier molecular flexibility index (Phi) is 9.13. The number of unbranched alkanes of at least 4 members (excludes halogenated alkanes) is 2. The van der Waals surface area contributed by atoms with Gasteiger partial charge < -0.3 is 10.2 Å². The summed E-state index contributed by atoms with van der Waals surface area (Å²) in [6.45, 7) is 4.64. The smallest absolute Gasteiger partial charge is 0.242 e. The van der Waals surface area contributed by atoms with Crippen LogP contribution >= 0.6 is 11.6 Å². The van der Waals surface area contributed by atoms with Crippen molar-refractivity contribution in [3.8, 4) is 0 Å². The van der Waals surface area contributed by atoms with Gasteiger partial charge in [0.25, 0.3) is 0 Å². The molecule has 6 heteroatoms. The molecule has 0 saturated carbocycles. The zero-order valence-electron chi connectivity index (χ0n) is 17.0. The Labute approximate surface area is 177 Å². The van der Waals surface area contributed by atoms with Crippen LogP contribution in [0.3, 0.4) is 0 Å². The molecule has 0 unspecified atom stereocenters. The van der Waals surface area contributed by atoms with Crippen molar-refractivity contribution in [2.75, 3.05) is 6.54 Å². The molecule has 4 nitrogen and oxygen atoms in total. The summed E-state index contributed by atoms with van der Waals surface area (Å²) in [6.07, 6.45) is 3.18. The van der Waals surface area contributed by atoms with Gasteiger partial charge in [-0.1, -0.05) is 55.6 Å². The van der Waals surface area contributed by atoms with Gasteiger partial charge >= 0.3 is 0 Å². The van der Waals surface area contributed by atoms with Gasteiger partial charge in [-0.25, -0.2) is 4.39 Å². The van der Waals surface area contributed by atoms with Crippen LogP contribution in [0.2, 0.25) is 5.02 Å². The lowest BCUT2D eigenvalue weighted by atomic mass is 10.1. The second kappa shape index (κ2) is 11.6. The molecule has 0 aliphatic heterocycles. The molecular weight excluding hydrogens is 391 g/mol. The van der Waals surface area contributed by atoms with Crippen LogP contribution in [0.4, 0.5) is 4.39 Å². The maximum atomic E-state index is 13.2. The molecule has 1 atom stereocenters. The number of carbonyl (C=O) groups excluding carboxylic acids is 2. The number of hydrogen-bond acceptors (Lipinski definition) is 2. The first-order valence-electron chi connectivity index (χ1n) is 9.96. The molecule has 2 aromatic rings. The minimum Gasteiger partial charge on any atom is -0.354 e. The summed E-state index contributed by atoms with van der Waals surface area (Å²) < 4.78 is 13.2. The van der Waals surface area contributed by atoms with Crippen molar-refractivity contribution in [2.24, 2.45) is 0 Å². The number of amides is 2. The van der Waals surface area contributed by atoms with Gasteiger partial charge in [-0.3, -0.25) is 9.59 Å². The monoisotopic (exact) mass is 418 g/mol. The van der Waals surface area contributed by atoms with Crippen molar-refractivity contribution in [1.29, 1.82) is 0 Å². The lowest BCUT2D eigenvalue weighted by Crippen LogP contribution is -2.48. The summed E-state index contributed by atoms with van der Waals surface area (Å²) in [5.74, 6) is -0.699. The summed E-state index contributed by atoms with van der Waals surface area (Å²) in [5.41, 5.74) is 1.58. The van der Waals surface area contributed by atoms with E-state index < -0.39 is 6.04 Å². The first-order valence-corrected chi connectivity index (χ1v) is 10.3. The number of nitrogens with zero attached hydrogens (tertiary/aromatic N) is 1. The number of halogens is 2. The molecule has 1 N–H and O–H groups in total. The van der Waals surface area contributed by atoms with Gasteiger partial charge in [0, 0.05) is 18.1 Å². The Balaban J connectivity index is 2.12. The highest BCUT2D eigenvalue weighted by Gasteiger charge is 2.26. The van der Waals surface area contributed by atoms with Gasteiger partial charge in [0.15, 0.2) is 0 Å². The molecule has 0 bridgehead atoms. The van der Waals surface area contributed by atoms with E-state index >= 15 is 0 Å². The standard InChI is InChI=1S/C23H28ClFN2O2/c1-3-4-5-14-26-23(29)17(2)27(16-19-8-12-21(25)13-9-19)22(28)15-18-6-10-20(24)11-7-18/h6-13,17H,3-5,14-16H2,1-2H3,(H,26,29)/t17-/m1/s1. The van der Waals surface area contributed by atoms with Crippen LogP contribution < -0.4 is 5.32 Å². The van der Waals surface area contributed by atoms with Gasteiger partial charge in [0.1, 0.15) is 11.9 Å². The van der Waals surface area contributed by atoms with Gasteiger partial charge in [0.2, 0.25) is 11.8 Å². The van der Waals surface area contributed by atoms with Crippen molar-refractivity contribution in [1.82, 2.24) is 10.2 Å². The van der Waals surface area contributed by atoms with Crippen molar-refractivity contribution in [2.45, 2.75) is 52.1 Å². The maximum Gasteiger partial charge on any atom is 0.242 e. The van der Waals surface area contributed by atoms with Crippen molar-refractivity contribution >= 4 is 23.4 Å². The van der Waals surface area contributed by atoms with E-state index in [0.717, 1.165) is 30.4 Å². The largest absolute Gasteiger partial charge is 0.354 e. The third kappa shape index (κ3) is 7.50. The molecule has 0 heterocycles. The molecule has 29 heavy (non-hydrogen) atoms. The molecule has 2 rings (SSSR count). The fraction of sp³-hybridized carbons (Fsp3) is 0.391. The fourth-order valence-corrected chi connectivity index (χ4v) is 3.11. The second-order valence-electron chi connectivity index (χ2n) is 7.13. The predicted octanol–water partition coefficient (Wildman–Crippen LogP) is 4.75. The molecule has 0 spiro atoms. The highest BCUT2D eigenvalue weighted by Crippen LogP contribution is 2.15. The third-order valence-corrected chi connectivity index (χ3v) is 5.03. The fourth-order valence-electron chi connectivity index (χ4n) is 2.98. The van der Waals surface area contributed by atoms with E-state index in [1.165, 1.54) is 17.0 Å². The highest BCUT2D eigenvalue weighted by atomic mass is 35.5. The molecule has 2 aromatic carbocycles. The predicted molar refractivity (Wildman–Crippen MR) is 114 cm³/mol. The lowest BCUT2D eigenvalue weighted by molar-refractivity contribution is -0.140. The van der Waals surface area contributed by atoms with Gasteiger partial charge in [-0.2, -0.15) is 0 Å². The van der Waals surface area contributed by atoms with Gasteiger partial charge in [-0.15, -0.1) is 0 Å². The normalized spacial score (nSPS) is 11.7. The van der Waals surface area contributed by atoms with E-state index in [1.54, 1.807) is 43.3 Å². The van der Waals surface area contributed by atoms with Crippen LogP contribution in [0.25, 0.3) is 0 Å². The van der Waals surface area contributed by atoms with Crippen LogP contribution in [0, 0.1) is 5.82 Å². The Morgan fingerprint density at radius 2 is 1.66 bits per heavy atom. The number of carbonyl (C=O) groups is 2. The Bertz CT molecular complexity index is 794. The molecule has 0 radical (unpaired) electrons. The van der Waals surface area contributed by atoms with E-state index in [1.807, 2.05) is 0 Å². The Hall–Kier alpha value is -2.40. The summed E-state index contributed by atoms with van der Waals surface area (Å²) in [5, 5.41) is 3.51. The Morgan fingerprint density at radius 3 is 2.28 bits per heavy atom. The minimum absolute atomic E-state index is 0.159. The summed E-state index contributed by atoms with van der Waals surface area (Å²) in [6, 6.07) is 12.4. The molecular formula is C23H28ClFN2O2. The van der Waals surface area contributed by atoms with E-state index in [0.29, 0.717) is 11.6 Å². The van der Waals surface area contributed by atoms with E-state index in [4.69, 9.17) is 11.6 Å². The topological polar surface area (TPSA) is 49.4 Å². The molecule has 0 aliphatic rings. The Morgan fingerprint density at radius 1 is 1.03 bits per heavy atom. The van der Waals surface area contributed by atoms with Crippen molar-refractivity contribution in [3.05, 3.63) is 70.5 Å². The first kappa shape index (κ1) is 22.9. The molecule has 156 valence electrons. The quantitative estimate of drug-likeness (QED) is 0.566. The number of benzene rings is 2. The van der Waals surface area contributed by atoms with E-state index in [9.17, 15) is 14.0 Å². The van der Waals surface area contributed by atoms with E-state index in [-0.39, 0.29) is 30.6 Å². The van der Waals surface area contributed by atoms with Gasteiger partial charge in [-0.05, 0) is 48.7 Å². The summed E-state index contributed by atoms with van der Waals surface area (Å²) in [7, 11) is 0. The number of nitrogens with one attached hydrogen (secondary N) is 1. The lowest BCUT2D eigenvalue weighted by Gasteiger charge is -2.29. The number of rotatable bonds is 10. The molecule has 0 saturated heterocycles. The van der Waals surface area contributed by atoms with Crippen molar-refractivity contribution in [3.63, 3.8) is 0 Å². The maximum absolute atomic E-state index is 13.2. The second-order valence-corrected chi connectivity index (χ2v) is 7.56. The minimum atomic E-state index is -0.638. The SMILES string of the molecule is CCCCCNC(=O)[C@@H](C)N(Cc1ccc(F)cc1)C(=O)Cc1ccc(Cl)cc1. The third-order valence-electron chi connectivity index (χ3n) is 4.78. The average molecular weight is 419 g/mol. The first-order chi connectivity index (χ1) is 13.9. The van der Waals surface area contributed by atoms with E-state index in [2.05, 4.69) is 12.2 Å². The van der Waals surface area contributed by atoms with Crippen LogP contribution in [0.5, 0.6) is 0 Å². The van der Waals surface area contributed by atoms with Gasteiger partial charge in [0.05, 0.1) is 6.42 Å². The van der Waals surface area contributed by atoms with Crippen LogP contribution in [0.1, 0.15) is 44.2 Å². The molecule has 0 aliphatic carbocycles. The molecule has 0 fully saturated rings. The zero-order chi connectivity index (χ0) is 21.2. The average Bonchev–Trinajstić information content (AvgIpc) is 2.71. The summed E-state index contributed by atoms with van der Waals surface area (Å²) >= 11 is 5.91. The van der Waals surface area contributed by atoms with Crippen LogP contribution in [-0.2, 0) is 22.6 Å². The highest BCUT2D eigenvalue weighted by molar-refractivity contribution is 6.30. The van der Waals surface area contributed by atoms with Crippen molar-refractivity contribution < 1.29 is 14.0 Å². The number of hydrogen-bond donors (Lipinski definition) is 1. The zero-order valence-corrected chi connectivity index (χ0v) is 17.7. The summed E-state index contributed by atoms with van der Waals surface area (Å²) in [4.78, 5) is 27.2. The molecule has 0 aromatic heterocycles. The molecule has 2 amide bonds.